The third-order valence-corrected chi connectivity index (χ3v) is 5.71. The van der Waals surface area contributed by atoms with E-state index in [4.69, 9.17) is 4.74 Å². The molecule has 174 valence electrons. The lowest BCUT2D eigenvalue weighted by atomic mass is 10.0. The third-order valence-electron chi connectivity index (χ3n) is 5.71. The highest BCUT2D eigenvalue weighted by atomic mass is 16.6. The molecule has 0 spiro atoms. The summed E-state index contributed by atoms with van der Waals surface area (Å²) < 4.78 is 5.42. The summed E-state index contributed by atoms with van der Waals surface area (Å²) in [5.74, 6) is -0.0744. The lowest BCUT2D eigenvalue weighted by molar-refractivity contribution is 0.0290. The van der Waals surface area contributed by atoms with E-state index >= 15 is 0 Å². The van der Waals surface area contributed by atoms with Crippen molar-refractivity contribution in [3.63, 3.8) is 0 Å². The van der Waals surface area contributed by atoms with Gasteiger partial charge in [0.2, 0.25) is 0 Å². The van der Waals surface area contributed by atoms with Gasteiger partial charge in [-0.25, -0.2) is 4.79 Å². The molecule has 0 radical (unpaired) electrons. The Morgan fingerprint density at radius 1 is 1.00 bits per heavy atom. The Labute approximate surface area is 188 Å². The van der Waals surface area contributed by atoms with Crippen LogP contribution in [0, 0.1) is 0 Å². The van der Waals surface area contributed by atoms with Crippen LogP contribution in [0.4, 0.5) is 4.79 Å². The molecule has 1 aromatic rings. The van der Waals surface area contributed by atoms with E-state index in [0.29, 0.717) is 18.7 Å². The van der Waals surface area contributed by atoms with Crippen molar-refractivity contribution in [2.45, 2.75) is 104 Å². The maximum absolute atomic E-state index is 12.6. The average Bonchev–Trinajstić information content (AvgIpc) is 3.18. The number of benzene rings is 1. The molecule has 1 aliphatic heterocycles. The Kier molecular flexibility index (Phi) is 10.4. The Hall–Kier alpha value is -2.04. The molecule has 1 N–H and O–H groups in total. The summed E-state index contributed by atoms with van der Waals surface area (Å²) in [4.78, 5) is 26.4. The molecule has 31 heavy (non-hydrogen) atoms. The van der Waals surface area contributed by atoms with Gasteiger partial charge in [-0.15, -0.1) is 0 Å². The smallest absolute Gasteiger partial charge is 0.410 e. The van der Waals surface area contributed by atoms with Crippen LogP contribution >= 0.6 is 0 Å². The van der Waals surface area contributed by atoms with E-state index in [2.05, 4.69) is 24.4 Å². The summed E-state index contributed by atoms with van der Waals surface area (Å²) in [6.07, 6.45) is 12.1. The van der Waals surface area contributed by atoms with Crippen LogP contribution < -0.4 is 5.32 Å². The second-order valence-corrected chi connectivity index (χ2v) is 9.81. The summed E-state index contributed by atoms with van der Waals surface area (Å²) in [6.45, 7) is 8.94. The van der Waals surface area contributed by atoms with Gasteiger partial charge < -0.3 is 15.0 Å². The molecule has 1 saturated heterocycles. The molecule has 5 nitrogen and oxygen atoms in total. The standard InChI is InChI=1S/C26H42N2O3/c1-5-6-7-8-9-10-11-12-13-21-14-16-22(17-15-21)24(29)27-23-18-19-28(20-23)25(30)31-26(2,3)4/h14-17,23H,5-13,18-20H2,1-4H3,(H,27,29)/t23-/m0/s1. The average molecular weight is 431 g/mol. The topological polar surface area (TPSA) is 58.6 Å². The van der Waals surface area contributed by atoms with Crippen LogP contribution in [0.15, 0.2) is 24.3 Å². The molecule has 5 heteroatoms. The van der Waals surface area contributed by atoms with Crippen molar-refractivity contribution in [3.8, 4) is 0 Å². The third kappa shape index (κ3) is 9.75. The number of rotatable bonds is 11. The Morgan fingerprint density at radius 2 is 1.61 bits per heavy atom. The number of unbranched alkanes of at least 4 members (excludes halogenated alkanes) is 7. The predicted molar refractivity (Wildman–Crippen MR) is 126 cm³/mol. The minimum atomic E-state index is -0.505. The van der Waals surface area contributed by atoms with Gasteiger partial charge in [0.1, 0.15) is 5.60 Å². The molecule has 1 atom stereocenters. The highest BCUT2D eigenvalue weighted by Crippen LogP contribution is 2.16. The molecule has 1 fully saturated rings. The van der Waals surface area contributed by atoms with Crippen LogP contribution in [-0.4, -0.2) is 41.6 Å². The molecule has 0 unspecified atom stereocenters. The van der Waals surface area contributed by atoms with Gasteiger partial charge in [-0.2, -0.15) is 0 Å². The molecule has 0 saturated carbocycles. The highest BCUT2D eigenvalue weighted by Gasteiger charge is 2.30. The molecule has 1 heterocycles. The number of aryl methyl sites for hydroxylation is 1. The van der Waals surface area contributed by atoms with Gasteiger partial charge >= 0.3 is 6.09 Å². The van der Waals surface area contributed by atoms with Crippen molar-refractivity contribution < 1.29 is 14.3 Å². The van der Waals surface area contributed by atoms with Crippen molar-refractivity contribution >= 4 is 12.0 Å². The van der Waals surface area contributed by atoms with Crippen molar-refractivity contribution in [2.75, 3.05) is 13.1 Å². The van der Waals surface area contributed by atoms with Crippen LogP contribution in [0.25, 0.3) is 0 Å². The molecule has 1 aromatic carbocycles. The lowest BCUT2D eigenvalue weighted by Crippen LogP contribution is -2.40. The van der Waals surface area contributed by atoms with Crippen LogP contribution in [0.3, 0.4) is 0 Å². The van der Waals surface area contributed by atoms with Crippen LogP contribution in [-0.2, 0) is 11.2 Å². The molecule has 0 aliphatic carbocycles. The zero-order chi connectivity index (χ0) is 22.7. The summed E-state index contributed by atoms with van der Waals surface area (Å²) in [6, 6.07) is 7.93. The van der Waals surface area contributed by atoms with Crippen molar-refractivity contribution in [1.82, 2.24) is 10.2 Å². The summed E-state index contributed by atoms with van der Waals surface area (Å²) in [7, 11) is 0. The fourth-order valence-electron chi connectivity index (χ4n) is 3.92. The summed E-state index contributed by atoms with van der Waals surface area (Å²) >= 11 is 0. The van der Waals surface area contributed by atoms with Gasteiger partial charge in [0, 0.05) is 24.7 Å². The first-order chi connectivity index (χ1) is 14.8. The normalized spacial score (nSPS) is 16.4. The van der Waals surface area contributed by atoms with E-state index in [9.17, 15) is 9.59 Å². The molecule has 0 aromatic heterocycles. The quantitative estimate of drug-likeness (QED) is 0.431. The molecular formula is C26H42N2O3. The SMILES string of the molecule is CCCCCCCCCCc1ccc(C(=O)N[C@H]2CCN(C(=O)OC(C)(C)C)C2)cc1. The number of amides is 2. The van der Waals surface area contributed by atoms with Crippen molar-refractivity contribution in [3.05, 3.63) is 35.4 Å². The Morgan fingerprint density at radius 3 is 2.23 bits per heavy atom. The van der Waals surface area contributed by atoms with Gasteiger partial charge in [0.05, 0.1) is 0 Å². The highest BCUT2D eigenvalue weighted by molar-refractivity contribution is 5.94. The zero-order valence-electron chi connectivity index (χ0n) is 20.0. The largest absolute Gasteiger partial charge is 0.444 e. The number of hydrogen-bond acceptors (Lipinski definition) is 3. The first kappa shape index (κ1) is 25.2. The summed E-state index contributed by atoms with van der Waals surface area (Å²) in [5, 5.41) is 3.05. The van der Waals surface area contributed by atoms with Gasteiger partial charge in [-0.3, -0.25) is 4.79 Å². The minimum absolute atomic E-state index is 0.0305. The Balaban J connectivity index is 1.67. The van der Waals surface area contributed by atoms with E-state index in [-0.39, 0.29) is 18.0 Å². The molecule has 1 aliphatic rings. The molecule has 2 rings (SSSR count). The second kappa shape index (κ2) is 12.7. The summed E-state index contributed by atoms with van der Waals surface area (Å²) in [5.41, 5.74) is 1.46. The van der Waals surface area contributed by atoms with Crippen molar-refractivity contribution in [2.24, 2.45) is 0 Å². The van der Waals surface area contributed by atoms with E-state index < -0.39 is 5.60 Å². The van der Waals surface area contributed by atoms with Crippen LogP contribution in [0.5, 0.6) is 0 Å². The van der Waals surface area contributed by atoms with E-state index in [0.717, 1.165) is 12.8 Å². The van der Waals surface area contributed by atoms with E-state index in [1.807, 2.05) is 32.9 Å². The number of carbonyl (C=O) groups is 2. The van der Waals surface area contributed by atoms with E-state index in [1.54, 1.807) is 4.90 Å². The second-order valence-electron chi connectivity index (χ2n) is 9.81. The van der Waals surface area contributed by atoms with Crippen molar-refractivity contribution in [1.29, 1.82) is 0 Å². The van der Waals surface area contributed by atoms with E-state index in [1.165, 1.54) is 56.9 Å². The first-order valence-corrected chi connectivity index (χ1v) is 12.2. The zero-order valence-corrected chi connectivity index (χ0v) is 20.0. The predicted octanol–water partition coefficient (Wildman–Crippen LogP) is 6.11. The number of nitrogens with zero attached hydrogens (tertiary/aromatic N) is 1. The lowest BCUT2D eigenvalue weighted by Gasteiger charge is -2.24. The monoisotopic (exact) mass is 430 g/mol. The minimum Gasteiger partial charge on any atom is -0.444 e. The van der Waals surface area contributed by atoms with Gasteiger partial charge in [0.15, 0.2) is 0 Å². The van der Waals surface area contributed by atoms with Gasteiger partial charge in [0.25, 0.3) is 5.91 Å². The van der Waals surface area contributed by atoms with Gasteiger partial charge in [-0.05, 0) is 57.7 Å². The number of hydrogen-bond donors (Lipinski definition) is 1. The maximum Gasteiger partial charge on any atom is 0.410 e. The van der Waals surface area contributed by atoms with Crippen LogP contribution in [0.2, 0.25) is 0 Å². The number of nitrogens with one attached hydrogen (secondary N) is 1. The van der Waals surface area contributed by atoms with Gasteiger partial charge in [-0.1, -0.05) is 64.0 Å². The Bertz CT molecular complexity index is 679. The first-order valence-electron chi connectivity index (χ1n) is 12.2. The maximum atomic E-state index is 12.6. The van der Waals surface area contributed by atoms with Crippen LogP contribution in [0.1, 0.15) is 101 Å². The fraction of sp³-hybridized carbons (Fsp3) is 0.692. The molecular weight excluding hydrogens is 388 g/mol. The molecule has 0 bridgehead atoms. The number of carbonyl (C=O) groups excluding carboxylic acids is 2. The fourth-order valence-corrected chi connectivity index (χ4v) is 3.92. The number of ether oxygens (including phenoxy) is 1. The number of likely N-dealkylation sites (tertiary alicyclic amines) is 1. The molecule has 2 amide bonds.